The van der Waals surface area contributed by atoms with Crippen molar-refractivity contribution in [2.24, 2.45) is 0 Å². The predicted octanol–water partition coefficient (Wildman–Crippen LogP) is 0.904. The Hall–Kier alpha value is -0.630. The minimum atomic E-state index is 0.0629. The van der Waals surface area contributed by atoms with Crippen LogP contribution in [0.2, 0.25) is 0 Å². The van der Waals surface area contributed by atoms with Gasteiger partial charge in [0, 0.05) is 6.61 Å². The third-order valence-electron chi connectivity index (χ3n) is 0.881. The van der Waals surface area contributed by atoms with Crippen LogP contribution in [0.4, 0.5) is 0 Å². The van der Waals surface area contributed by atoms with E-state index in [9.17, 15) is 4.79 Å². The lowest BCUT2D eigenvalue weighted by atomic mass is 10.3. The Morgan fingerprint density at radius 1 is 1.67 bits per heavy atom. The monoisotopic (exact) mass is 128 g/mol. The maximum absolute atomic E-state index is 10.3. The van der Waals surface area contributed by atoms with E-state index in [4.69, 9.17) is 5.11 Å². The molecular formula is C7H12O2. The van der Waals surface area contributed by atoms with E-state index >= 15 is 0 Å². The van der Waals surface area contributed by atoms with Crippen LogP contribution in [0.15, 0.2) is 12.2 Å². The van der Waals surface area contributed by atoms with E-state index in [1.165, 1.54) is 13.0 Å². The molecule has 0 atom stereocenters. The summed E-state index contributed by atoms with van der Waals surface area (Å²) >= 11 is 0. The molecule has 0 fully saturated rings. The third kappa shape index (κ3) is 7.37. The van der Waals surface area contributed by atoms with Gasteiger partial charge in [-0.25, -0.2) is 0 Å². The Bertz CT molecular complexity index is 105. The lowest BCUT2D eigenvalue weighted by Crippen LogP contribution is -1.82. The molecule has 0 aromatic rings. The maximum atomic E-state index is 10.3. The number of ketones is 1. The van der Waals surface area contributed by atoms with Gasteiger partial charge in [0.25, 0.3) is 0 Å². The maximum Gasteiger partial charge on any atom is 0.152 e. The zero-order chi connectivity index (χ0) is 7.11. The highest BCUT2D eigenvalue weighted by molar-refractivity contribution is 5.87. The van der Waals surface area contributed by atoms with Gasteiger partial charge in [0.2, 0.25) is 0 Å². The van der Waals surface area contributed by atoms with Crippen molar-refractivity contribution in [2.75, 3.05) is 6.61 Å². The minimum absolute atomic E-state index is 0.0629. The first-order chi connectivity index (χ1) is 4.27. The predicted molar refractivity (Wildman–Crippen MR) is 36.1 cm³/mol. The van der Waals surface area contributed by atoms with E-state index in [0.29, 0.717) is 0 Å². The molecule has 0 heterocycles. The summed E-state index contributed by atoms with van der Waals surface area (Å²) in [4.78, 5) is 10.3. The van der Waals surface area contributed by atoms with Crippen molar-refractivity contribution < 1.29 is 9.90 Å². The summed E-state index contributed by atoms with van der Waals surface area (Å²) < 4.78 is 0. The van der Waals surface area contributed by atoms with Crippen LogP contribution in [0.1, 0.15) is 19.8 Å². The molecule has 0 aromatic heterocycles. The highest BCUT2D eigenvalue weighted by Crippen LogP contribution is 1.88. The van der Waals surface area contributed by atoms with Gasteiger partial charge in [0.1, 0.15) is 0 Å². The summed E-state index contributed by atoms with van der Waals surface area (Å²) in [6.07, 6.45) is 4.83. The first kappa shape index (κ1) is 8.37. The smallest absolute Gasteiger partial charge is 0.152 e. The van der Waals surface area contributed by atoms with Crippen molar-refractivity contribution in [3.63, 3.8) is 0 Å². The van der Waals surface area contributed by atoms with Gasteiger partial charge in [0.05, 0.1) is 0 Å². The number of unbranched alkanes of at least 4 members (excludes halogenated alkanes) is 1. The Morgan fingerprint density at radius 3 is 2.78 bits per heavy atom. The van der Waals surface area contributed by atoms with Crippen LogP contribution in [0, 0.1) is 0 Å². The molecule has 0 unspecified atom stereocenters. The fraction of sp³-hybridized carbons (Fsp3) is 0.571. The third-order valence-corrected chi connectivity index (χ3v) is 0.881. The SMILES string of the molecule is CC(=O)/C=C/CCCO. The fourth-order valence-electron chi connectivity index (χ4n) is 0.458. The summed E-state index contributed by atoms with van der Waals surface area (Å²) in [7, 11) is 0. The second-order valence-corrected chi connectivity index (χ2v) is 1.88. The molecule has 0 aromatic carbocycles. The number of hydrogen-bond acceptors (Lipinski definition) is 2. The summed E-state index contributed by atoms with van der Waals surface area (Å²) in [6, 6.07) is 0. The van der Waals surface area contributed by atoms with Crippen molar-refractivity contribution in [3.8, 4) is 0 Å². The summed E-state index contributed by atoms with van der Waals surface area (Å²) in [5, 5.41) is 8.31. The molecule has 0 saturated heterocycles. The Labute approximate surface area is 55.2 Å². The van der Waals surface area contributed by atoms with Crippen molar-refractivity contribution in [3.05, 3.63) is 12.2 Å². The molecule has 9 heavy (non-hydrogen) atoms. The fourth-order valence-corrected chi connectivity index (χ4v) is 0.458. The second kappa shape index (κ2) is 5.51. The molecular weight excluding hydrogens is 116 g/mol. The summed E-state index contributed by atoms with van der Waals surface area (Å²) in [5.74, 6) is 0.0629. The summed E-state index contributed by atoms with van der Waals surface area (Å²) in [6.45, 7) is 1.71. The normalized spacial score (nSPS) is 10.4. The van der Waals surface area contributed by atoms with E-state index in [2.05, 4.69) is 0 Å². The quantitative estimate of drug-likeness (QED) is 0.451. The van der Waals surface area contributed by atoms with Crippen LogP contribution in [0.25, 0.3) is 0 Å². The standard InChI is InChI=1S/C7H12O2/c1-7(9)5-3-2-4-6-8/h3,5,8H,2,4,6H2,1H3/b5-3+. The Morgan fingerprint density at radius 2 is 2.33 bits per heavy atom. The van der Waals surface area contributed by atoms with E-state index in [0.717, 1.165) is 12.8 Å². The van der Waals surface area contributed by atoms with Crippen molar-refractivity contribution in [1.29, 1.82) is 0 Å². The molecule has 52 valence electrons. The first-order valence-corrected chi connectivity index (χ1v) is 3.05. The van der Waals surface area contributed by atoms with Crippen LogP contribution in [-0.2, 0) is 4.79 Å². The Kier molecular flexibility index (Phi) is 5.12. The number of hydrogen-bond donors (Lipinski definition) is 1. The molecule has 2 heteroatoms. The second-order valence-electron chi connectivity index (χ2n) is 1.88. The van der Waals surface area contributed by atoms with Gasteiger partial charge < -0.3 is 5.11 Å². The molecule has 0 aliphatic rings. The molecule has 0 rings (SSSR count). The lowest BCUT2D eigenvalue weighted by molar-refractivity contribution is -0.112. The van der Waals surface area contributed by atoms with E-state index in [1.54, 1.807) is 6.08 Å². The number of carbonyl (C=O) groups excluding carboxylic acids is 1. The number of carbonyl (C=O) groups is 1. The topological polar surface area (TPSA) is 37.3 Å². The van der Waals surface area contributed by atoms with Gasteiger partial charge in [0.15, 0.2) is 5.78 Å². The molecule has 0 amide bonds. The van der Waals surface area contributed by atoms with Gasteiger partial charge >= 0.3 is 0 Å². The minimum Gasteiger partial charge on any atom is -0.396 e. The first-order valence-electron chi connectivity index (χ1n) is 3.05. The molecule has 0 spiro atoms. The van der Waals surface area contributed by atoms with Gasteiger partial charge in [-0.3, -0.25) is 4.79 Å². The van der Waals surface area contributed by atoms with E-state index in [1.807, 2.05) is 0 Å². The summed E-state index contributed by atoms with van der Waals surface area (Å²) in [5.41, 5.74) is 0. The van der Waals surface area contributed by atoms with Crippen LogP contribution in [0.5, 0.6) is 0 Å². The van der Waals surface area contributed by atoms with Crippen LogP contribution >= 0.6 is 0 Å². The van der Waals surface area contributed by atoms with Gasteiger partial charge in [-0.2, -0.15) is 0 Å². The number of allylic oxidation sites excluding steroid dienone is 2. The Balaban J connectivity index is 3.15. The molecule has 0 radical (unpaired) electrons. The zero-order valence-electron chi connectivity index (χ0n) is 5.63. The molecule has 2 nitrogen and oxygen atoms in total. The number of aliphatic hydroxyl groups is 1. The molecule has 0 aliphatic carbocycles. The zero-order valence-corrected chi connectivity index (χ0v) is 5.63. The number of rotatable bonds is 4. The van der Waals surface area contributed by atoms with Gasteiger partial charge in [-0.1, -0.05) is 6.08 Å². The van der Waals surface area contributed by atoms with Crippen LogP contribution in [0.3, 0.4) is 0 Å². The highest BCUT2D eigenvalue weighted by Gasteiger charge is 1.81. The average molecular weight is 128 g/mol. The molecule has 0 aliphatic heterocycles. The van der Waals surface area contributed by atoms with Crippen LogP contribution < -0.4 is 0 Å². The molecule has 0 bridgehead atoms. The average Bonchev–Trinajstić information content (AvgIpc) is 1.80. The van der Waals surface area contributed by atoms with Gasteiger partial charge in [-0.05, 0) is 25.8 Å². The van der Waals surface area contributed by atoms with Gasteiger partial charge in [-0.15, -0.1) is 0 Å². The van der Waals surface area contributed by atoms with Crippen molar-refractivity contribution in [1.82, 2.24) is 0 Å². The van der Waals surface area contributed by atoms with Crippen LogP contribution in [-0.4, -0.2) is 17.5 Å². The molecule has 1 N–H and O–H groups in total. The lowest BCUT2D eigenvalue weighted by Gasteiger charge is -1.85. The van der Waals surface area contributed by atoms with Crippen molar-refractivity contribution in [2.45, 2.75) is 19.8 Å². The largest absolute Gasteiger partial charge is 0.396 e. The van der Waals surface area contributed by atoms with E-state index < -0.39 is 0 Å². The van der Waals surface area contributed by atoms with Crippen molar-refractivity contribution >= 4 is 5.78 Å². The molecule has 0 saturated carbocycles. The number of aliphatic hydroxyl groups excluding tert-OH is 1. The highest BCUT2D eigenvalue weighted by atomic mass is 16.2. The van der Waals surface area contributed by atoms with E-state index in [-0.39, 0.29) is 12.4 Å².